The quantitative estimate of drug-likeness (QED) is 0.615. The Morgan fingerprint density at radius 1 is 1.03 bits per heavy atom. The van der Waals surface area contributed by atoms with Crippen LogP contribution in [0.15, 0.2) is 65.3 Å². The molecule has 1 aromatic heterocycles. The van der Waals surface area contributed by atoms with Gasteiger partial charge in [-0.05, 0) is 41.8 Å². The van der Waals surface area contributed by atoms with E-state index in [0.29, 0.717) is 12.3 Å². The molecule has 2 heterocycles. The van der Waals surface area contributed by atoms with Gasteiger partial charge in [-0.15, -0.1) is 0 Å². The normalized spacial score (nSPS) is 14.5. The first-order chi connectivity index (χ1) is 15.0. The van der Waals surface area contributed by atoms with Crippen LogP contribution < -0.4 is 10.6 Å². The molecular formula is C23H21F2N3O3. The van der Waals surface area contributed by atoms with Gasteiger partial charge in [0.1, 0.15) is 17.4 Å². The molecule has 6 nitrogen and oxygen atoms in total. The summed E-state index contributed by atoms with van der Waals surface area (Å²) in [6.07, 6.45) is 2.42. The van der Waals surface area contributed by atoms with Gasteiger partial charge in [0.05, 0.1) is 18.0 Å². The maximum atomic E-state index is 13.7. The number of hydrogen-bond acceptors (Lipinski definition) is 4. The summed E-state index contributed by atoms with van der Waals surface area (Å²) in [5.74, 6) is -2.91. The average Bonchev–Trinajstić information content (AvgIpc) is 3.30. The molecule has 1 aliphatic rings. The summed E-state index contributed by atoms with van der Waals surface area (Å²) in [5.41, 5.74) is 2.10. The highest BCUT2D eigenvalue weighted by molar-refractivity contribution is 6.39. The van der Waals surface area contributed by atoms with E-state index < -0.39 is 29.1 Å². The van der Waals surface area contributed by atoms with Crippen molar-refractivity contribution in [1.82, 2.24) is 10.2 Å². The number of rotatable bonds is 5. The summed E-state index contributed by atoms with van der Waals surface area (Å²) < 4.78 is 32.6. The molecule has 1 aliphatic heterocycles. The SMILES string of the molecule is O=C(NC[C@@H](c1ccco1)N1CCc2ccccc2C1)C(=O)Nc1cc(F)ccc1F. The van der Waals surface area contributed by atoms with Crippen molar-refractivity contribution in [3.05, 3.63) is 89.4 Å². The van der Waals surface area contributed by atoms with E-state index in [9.17, 15) is 18.4 Å². The molecule has 0 radical (unpaired) electrons. The highest BCUT2D eigenvalue weighted by Gasteiger charge is 2.28. The zero-order valence-corrected chi connectivity index (χ0v) is 16.6. The van der Waals surface area contributed by atoms with Crippen LogP contribution in [0.25, 0.3) is 0 Å². The molecule has 0 saturated carbocycles. The Bertz CT molecular complexity index is 1090. The molecule has 1 atom stereocenters. The van der Waals surface area contributed by atoms with Crippen LogP contribution in [0.4, 0.5) is 14.5 Å². The fraction of sp³-hybridized carbons (Fsp3) is 0.217. The number of nitrogens with zero attached hydrogens (tertiary/aromatic N) is 1. The first-order valence-electron chi connectivity index (χ1n) is 9.90. The van der Waals surface area contributed by atoms with Crippen molar-refractivity contribution in [2.24, 2.45) is 0 Å². The minimum Gasteiger partial charge on any atom is -0.468 e. The molecule has 0 unspecified atom stereocenters. The van der Waals surface area contributed by atoms with Crippen molar-refractivity contribution in [1.29, 1.82) is 0 Å². The lowest BCUT2D eigenvalue weighted by Gasteiger charge is -2.34. The first kappa shape index (κ1) is 20.7. The zero-order chi connectivity index (χ0) is 21.8. The third-order valence-corrected chi connectivity index (χ3v) is 5.31. The van der Waals surface area contributed by atoms with Crippen molar-refractivity contribution < 1.29 is 22.8 Å². The molecule has 3 aromatic rings. The number of halogens is 2. The molecule has 4 rings (SSSR count). The Hall–Kier alpha value is -3.52. The third-order valence-electron chi connectivity index (χ3n) is 5.31. The predicted octanol–water partition coefficient (Wildman–Crippen LogP) is 3.41. The minimum atomic E-state index is -1.08. The van der Waals surface area contributed by atoms with Crippen LogP contribution in [0.1, 0.15) is 22.9 Å². The molecule has 0 aliphatic carbocycles. The van der Waals surface area contributed by atoms with Gasteiger partial charge in [-0.2, -0.15) is 0 Å². The molecule has 0 saturated heterocycles. The van der Waals surface area contributed by atoms with Gasteiger partial charge in [0.2, 0.25) is 0 Å². The lowest BCUT2D eigenvalue weighted by Crippen LogP contribution is -2.43. The van der Waals surface area contributed by atoms with Crippen molar-refractivity contribution >= 4 is 17.5 Å². The molecule has 2 aromatic carbocycles. The van der Waals surface area contributed by atoms with Gasteiger partial charge in [0, 0.05) is 25.7 Å². The maximum Gasteiger partial charge on any atom is 0.313 e. The molecule has 2 amide bonds. The van der Waals surface area contributed by atoms with E-state index in [2.05, 4.69) is 27.7 Å². The van der Waals surface area contributed by atoms with Gasteiger partial charge >= 0.3 is 11.8 Å². The van der Waals surface area contributed by atoms with Gasteiger partial charge < -0.3 is 15.1 Å². The Morgan fingerprint density at radius 2 is 1.84 bits per heavy atom. The Labute approximate surface area is 177 Å². The van der Waals surface area contributed by atoms with Gasteiger partial charge in [-0.25, -0.2) is 8.78 Å². The summed E-state index contributed by atoms with van der Waals surface area (Å²) in [5, 5.41) is 4.68. The fourth-order valence-corrected chi connectivity index (χ4v) is 3.72. The highest BCUT2D eigenvalue weighted by atomic mass is 19.1. The van der Waals surface area contributed by atoms with E-state index in [4.69, 9.17) is 4.42 Å². The predicted molar refractivity (Wildman–Crippen MR) is 110 cm³/mol. The van der Waals surface area contributed by atoms with E-state index in [1.165, 1.54) is 11.1 Å². The number of carbonyl (C=O) groups is 2. The zero-order valence-electron chi connectivity index (χ0n) is 16.6. The van der Waals surface area contributed by atoms with Crippen molar-refractivity contribution in [2.45, 2.75) is 19.0 Å². The largest absolute Gasteiger partial charge is 0.468 e. The van der Waals surface area contributed by atoms with E-state index in [-0.39, 0.29) is 12.6 Å². The fourth-order valence-electron chi connectivity index (χ4n) is 3.72. The summed E-state index contributed by atoms with van der Waals surface area (Å²) in [6, 6.07) is 14.1. The number of fused-ring (bicyclic) bond motifs is 1. The second-order valence-electron chi connectivity index (χ2n) is 7.31. The molecule has 0 fully saturated rings. The molecule has 0 spiro atoms. The van der Waals surface area contributed by atoms with Crippen LogP contribution in [0.5, 0.6) is 0 Å². The Kier molecular flexibility index (Phi) is 6.08. The van der Waals surface area contributed by atoms with Crippen LogP contribution in [-0.2, 0) is 22.6 Å². The lowest BCUT2D eigenvalue weighted by molar-refractivity contribution is -0.136. The standard InChI is InChI=1S/C23H21F2N3O3/c24-17-7-8-18(25)19(12-17)27-23(30)22(29)26-13-20(21-6-3-11-31-21)28-10-9-15-4-1-2-5-16(15)14-28/h1-8,11-12,20H,9-10,13-14H2,(H,26,29)(H,27,30)/t20-/m0/s1. The lowest BCUT2D eigenvalue weighted by atomic mass is 9.98. The molecule has 31 heavy (non-hydrogen) atoms. The van der Waals surface area contributed by atoms with E-state index in [1.807, 2.05) is 18.2 Å². The summed E-state index contributed by atoms with van der Waals surface area (Å²) >= 11 is 0. The highest BCUT2D eigenvalue weighted by Crippen LogP contribution is 2.28. The van der Waals surface area contributed by atoms with E-state index >= 15 is 0 Å². The second kappa shape index (κ2) is 9.09. The summed E-state index contributed by atoms with van der Waals surface area (Å²) in [7, 11) is 0. The molecule has 8 heteroatoms. The van der Waals surface area contributed by atoms with Gasteiger partial charge in [-0.1, -0.05) is 24.3 Å². The number of carbonyl (C=O) groups excluding carboxylic acids is 2. The minimum absolute atomic E-state index is 0.119. The van der Waals surface area contributed by atoms with E-state index in [0.717, 1.165) is 31.2 Å². The van der Waals surface area contributed by atoms with Crippen LogP contribution in [0.2, 0.25) is 0 Å². The molecular weight excluding hydrogens is 404 g/mol. The monoisotopic (exact) mass is 425 g/mol. The summed E-state index contributed by atoms with van der Waals surface area (Å²) in [6.45, 7) is 1.56. The van der Waals surface area contributed by atoms with Crippen LogP contribution >= 0.6 is 0 Å². The average molecular weight is 425 g/mol. The van der Waals surface area contributed by atoms with Crippen molar-refractivity contribution in [3.8, 4) is 0 Å². The number of hydrogen-bond donors (Lipinski definition) is 2. The smallest absolute Gasteiger partial charge is 0.313 e. The van der Waals surface area contributed by atoms with Gasteiger partial charge in [-0.3, -0.25) is 14.5 Å². The summed E-state index contributed by atoms with van der Waals surface area (Å²) in [4.78, 5) is 26.6. The number of anilines is 1. The molecule has 0 bridgehead atoms. The van der Waals surface area contributed by atoms with Crippen LogP contribution in [0, 0.1) is 11.6 Å². The number of benzene rings is 2. The van der Waals surface area contributed by atoms with Crippen LogP contribution in [-0.4, -0.2) is 29.8 Å². The number of nitrogens with one attached hydrogen (secondary N) is 2. The first-order valence-corrected chi connectivity index (χ1v) is 9.90. The van der Waals surface area contributed by atoms with Gasteiger partial charge in [0.25, 0.3) is 0 Å². The van der Waals surface area contributed by atoms with Crippen molar-refractivity contribution in [2.75, 3.05) is 18.4 Å². The second-order valence-corrected chi connectivity index (χ2v) is 7.31. The molecule has 2 N–H and O–H groups in total. The topological polar surface area (TPSA) is 74.6 Å². The molecule has 160 valence electrons. The number of amides is 2. The maximum absolute atomic E-state index is 13.7. The Balaban J connectivity index is 1.43. The Morgan fingerprint density at radius 3 is 2.61 bits per heavy atom. The van der Waals surface area contributed by atoms with Gasteiger partial charge in [0.15, 0.2) is 0 Å². The van der Waals surface area contributed by atoms with Crippen molar-refractivity contribution in [3.63, 3.8) is 0 Å². The van der Waals surface area contributed by atoms with Crippen LogP contribution in [0.3, 0.4) is 0 Å². The third kappa shape index (κ3) is 4.80. The number of furan rings is 1. The van der Waals surface area contributed by atoms with E-state index in [1.54, 1.807) is 12.3 Å².